The molecule has 16 rings (SSSR count). The van der Waals surface area contributed by atoms with Crippen molar-refractivity contribution in [1.82, 2.24) is 78.4 Å². The maximum absolute atomic E-state index is 6.32. The monoisotopic (exact) mass is 1980 g/mol. The van der Waals surface area contributed by atoms with E-state index in [1.807, 2.05) is 97.1 Å². The van der Waals surface area contributed by atoms with Gasteiger partial charge in [-0.25, -0.2) is 0 Å². The van der Waals surface area contributed by atoms with Crippen LogP contribution < -0.4 is 0 Å². The first-order chi connectivity index (χ1) is 60.7. The van der Waals surface area contributed by atoms with Crippen molar-refractivity contribution in [3.63, 3.8) is 0 Å². The number of piperazine rings is 8. The van der Waals surface area contributed by atoms with Crippen LogP contribution in [0.5, 0.6) is 0 Å². The maximum atomic E-state index is 6.32. The summed E-state index contributed by atoms with van der Waals surface area (Å²) in [6, 6.07) is 65.7. The zero-order valence-corrected chi connectivity index (χ0v) is 84.4. The zero-order chi connectivity index (χ0) is 85.9. The fourth-order valence-corrected chi connectivity index (χ4v) is 19.9. The lowest BCUT2D eigenvalue weighted by Gasteiger charge is -2.37. The first-order valence-corrected chi connectivity index (χ1v) is 49.2. The molecule has 0 N–H and O–H groups in total. The Labute approximate surface area is 832 Å². The van der Waals surface area contributed by atoms with Crippen molar-refractivity contribution in [1.29, 1.82) is 0 Å². The van der Waals surface area contributed by atoms with Crippen molar-refractivity contribution >= 4 is 142 Å². The number of benzene rings is 8. The molecule has 16 nitrogen and oxygen atoms in total. The van der Waals surface area contributed by atoms with Crippen molar-refractivity contribution in [2.24, 2.45) is 0 Å². The quantitative estimate of drug-likeness (QED) is 0.0402. The smallest absolute Gasteiger partial charge is 0.0451 e. The van der Waals surface area contributed by atoms with Crippen LogP contribution in [0.4, 0.5) is 0 Å². The maximum Gasteiger partial charge on any atom is 0.0451 e. The summed E-state index contributed by atoms with van der Waals surface area (Å²) in [5.74, 6) is 0. The molecule has 8 heterocycles. The number of nitrogens with zero attached hydrogens (tertiary/aromatic N) is 16. The Kier molecular flexibility index (Phi) is 50.4. The van der Waals surface area contributed by atoms with Crippen LogP contribution in [0, 0.1) is 0 Å². The average molecular weight is 1990 g/mol. The Morgan fingerprint density at radius 2 is 0.219 bits per heavy atom. The van der Waals surface area contributed by atoms with E-state index >= 15 is 0 Å². The van der Waals surface area contributed by atoms with E-state index in [1.165, 1.54) is 123 Å². The van der Waals surface area contributed by atoms with Gasteiger partial charge in [0, 0.05) is 302 Å². The van der Waals surface area contributed by atoms with E-state index in [4.69, 9.17) is 92.8 Å². The minimum absolute atomic E-state index is 0. The number of rotatable bonds is 32. The molecule has 0 amide bonds. The molecule has 8 aromatic rings. The van der Waals surface area contributed by atoms with Crippen LogP contribution in [0.25, 0.3) is 0 Å². The summed E-state index contributed by atoms with van der Waals surface area (Å²) in [5, 5.41) is 7.09. The summed E-state index contributed by atoms with van der Waals surface area (Å²) < 4.78 is 0. The Balaban J connectivity index is 0.000000191. The highest BCUT2D eigenvalue weighted by molar-refractivity contribution is 6.33. The van der Waals surface area contributed by atoms with Crippen LogP contribution in [0.3, 0.4) is 0 Å². The van der Waals surface area contributed by atoms with E-state index in [-0.39, 0.29) is 49.6 Å². The predicted octanol–water partition coefficient (Wildman–Crippen LogP) is 19.0. The van der Waals surface area contributed by atoms with E-state index in [9.17, 15) is 0 Å². The normalized spacial score (nSPS) is 19.1. The third-order valence-electron chi connectivity index (χ3n) is 26.3. The molecule has 8 aromatic carbocycles. The second-order valence-electron chi connectivity index (χ2n) is 35.1. The van der Waals surface area contributed by atoms with E-state index in [0.717, 1.165) is 302 Å². The van der Waals surface area contributed by atoms with Crippen LogP contribution in [0.1, 0.15) is 70.2 Å². The second kappa shape index (κ2) is 59.6. The van der Waals surface area contributed by atoms with Gasteiger partial charge in [0.25, 0.3) is 0 Å². The summed E-state index contributed by atoms with van der Waals surface area (Å²) in [5.41, 5.74) is 9.94. The van der Waals surface area contributed by atoms with Gasteiger partial charge in [0.05, 0.1) is 0 Å². The van der Waals surface area contributed by atoms with Gasteiger partial charge >= 0.3 is 0 Å². The van der Waals surface area contributed by atoms with Crippen LogP contribution >= 0.6 is 142 Å². The number of hydrogen-bond acceptors (Lipinski definition) is 16. The van der Waals surface area contributed by atoms with Crippen LogP contribution in [0.2, 0.25) is 40.2 Å². The summed E-state index contributed by atoms with van der Waals surface area (Å²) in [7, 11) is 0. The van der Waals surface area contributed by atoms with E-state index < -0.39 is 0 Å². The van der Waals surface area contributed by atoms with E-state index in [1.54, 1.807) is 0 Å². The Morgan fingerprint density at radius 3 is 0.312 bits per heavy atom. The molecule has 8 aliphatic rings. The topological polar surface area (TPSA) is 51.8 Å². The summed E-state index contributed by atoms with van der Waals surface area (Å²) in [6.45, 7) is 54.1. The van der Waals surface area contributed by atoms with Gasteiger partial charge in [0.1, 0.15) is 0 Å². The average Bonchev–Trinajstić information content (AvgIpc) is 0.878. The van der Waals surface area contributed by atoms with Gasteiger partial charge in [-0.2, -0.15) is 0 Å². The van der Waals surface area contributed by atoms with Gasteiger partial charge in [-0.15, -0.1) is 49.6 Å². The highest BCUT2D eigenvalue weighted by atomic mass is 35.5. The predicted molar refractivity (Wildman–Crippen MR) is 553 cm³/mol. The van der Waals surface area contributed by atoms with Gasteiger partial charge in [0.15, 0.2) is 0 Å². The Hall–Kier alpha value is -3.40. The minimum atomic E-state index is 0. The Morgan fingerprint density at radius 1 is 0.133 bits per heavy atom. The molecule has 0 atom stereocenters. The molecule has 8 fully saturated rings. The van der Waals surface area contributed by atoms with Crippen LogP contribution in [-0.2, 0) is 52.4 Å². The largest absolute Gasteiger partial charge is 0.301 e. The van der Waals surface area contributed by atoms with Gasteiger partial charge in [-0.05, 0) is 171 Å². The minimum Gasteiger partial charge on any atom is -0.301 e. The molecule has 128 heavy (non-hydrogen) atoms. The van der Waals surface area contributed by atoms with Crippen molar-refractivity contribution in [3.05, 3.63) is 279 Å². The molecule has 704 valence electrons. The standard InChI is InChI=1S/4C25H34Cl2N4.4ClH/c4*26-24-8-3-1-6-22(24)20-30-16-12-28(13-17-30)10-5-11-29-14-18-31(19-15-29)21-23-7-2-4-9-25(23)27;;;;/h4*1-4,6-9H,5,10-21H2;4*1H. The van der Waals surface area contributed by atoms with Crippen LogP contribution in [0.15, 0.2) is 194 Å². The van der Waals surface area contributed by atoms with Crippen LogP contribution in [-0.4, -0.2) is 340 Å². The lowest BCUT2D eigenvalue weighted by Crippen LogP contribution is -2.48. The zero-order valence-electron chi connectivity index (χ0n) is 75.1. The van der Waals surface area contributed by atoms with Gasteiger partial charge in [-0.1, -0.05) is 238 Å². The SMILES string of the molecule is Cl.Cl.Cl.Cl.Clc1ccccc1CN1CCN(CCCN2CCN(Cc3ccccc3Cl)CC2)CC1.Clc1ccccc1CN1CCN(CCCN2CCN(Cc3ccccc3Cl)CC2)CC1.Clc1ccccc1CN1CCN(CCCN2CCN(Cc3ccccc3Cl)CC2)CC1.Clc1ccccc1CN1CCN(CCCN2CCN(Cc3ccccc3Cl)CC2)CC1. The van der Waals surface area contributed by atoms with Gasteiger partial charge in [0.2, 0.25) is 0 Å². The molecule has 0 radical (unpaired) electrons. The molecular formula is C100H140Cl12N16. The van der Waals surface area contributed by atoms with Gasteiger partial charge < -0.3 is 39.2 Å². The summed E-state index contributed by atoms with van der Waals surface area (Å²) >= 11 is 50.6. The summed E-state index contributed by atoms with van der Waals surface area (Å²) in [4.78, 5) is 41.2. The molecule has 0 unspecified atom stereocenters. The molecule has 8 aliphatic heterocycles. The fourth-order valence-electron chi connectivity index (χ4n) is 18.4. The fraction of sp³-hybridized carbons (Fsp3) is 0.520. The molecule has 0 saturated carbocycles. The lowest BCUT2D eigenvalue weighted by molar-refractivity contribution is 0.106. The highest BCUT2D eigenvalue weighted by Crippen LogP contribution is 2.27. The summed E-state index contributed by atoms with van der Waals surface area (Å²) in [6.07, 6.45) is 5.04. The Bertz CT molecular complexity index is 3550. The molecule has 0 aliphatic carbocycles. The first kappa shape index (κ1) is 108. The third kappa shape index (κ3) is 37.3. The molecule has 8 saturated heterocycles. The molecular weight excluding hydrogens is 1850 g/mol. The lowest BCUT2D eigenvalue weighted by atomic mass is 10.2. The van der Waals surface area contributed by atoms with Crippen molar-refractivity contribution in [2.45, 2.75) is 78.0 Å². The first-order valence-electron chi connectivity index (χ1n) is 46.1. The van der Waals surface area contributed by atoms with E-state index in [0.29, 0.717) is 0 Å². The van der Waals surface area contributed by atoms with E-state index in [2.05, 4.69) is 175 Å². The second-order valence-corrected chi connectivity index (χ2v) is 38.3. The third-order valence-corrected chi connectivity index (χ3v) is 29.3. The molecule has 0 bridgehead atoms. The van der Waals surface area contributed by atoms with Crippen molar-refractivity contribution < 1.29 is 0 Å². The molecule has 0 spiro atoms. The highest BCUT2D eigenvalue weighted by Gasteiger charge is 2.27. The molecule has 0 aromatic heterocycles. The number of halogens is 12. The number of hydrogen-bond donors (Lipinski definition) is 0. The van der Waals surface area contributed by atoms with Crippen molar-refractivity contribution in [2.75, 3.05) is 262 Å². The van der Waals surface area contributed by atoms with Gasteiger partial charge in [-0.3, -0.25) is 39.2 Å². The van der Waals surface area contributed by atoms with Crippen molar-refractivity contribution in [3.8, 4) is 0 Å². The molecule has 28 heteroatoms.